The number of hydrogen-bond donors (Lipinski definition) is 0. The molecular formula is C7H4N4O3S. The zero-order valence-corrected chi connectivity index (χ0v) is 8.05. The Hall–Kier alpha value is -2.09. The molecule has 76 valence electrons. The molecule has 2 aromatic heterocycles. The van der Waals surface area contributed by atoms with Crippen LogP contribution in [0.3, 0.4) is 0 Å². The zero-order chi connectivity index (χ0) is 10.7. The summed E-state index contributed by atoms with van der Waals surface area (Å²) in [5.74, 6) is -0.311. The van der Waals surface area contributed by atoms with Crippen LogP contribution in [0.1, 0.15) is 5.56 Å². The second-order valence-electron chi connectivity index (χ2n) is 2.45. The fourth-order valence-electron chi connectivity index (χ4n) is 0.856. The Bertz CT molecular complexity index is 490. The van der Waals surface area contributed by atoms with Gasteiger partial charge in [-0.05, 0) is 0 Å². The van der Waals surface area contributed by atoms with E-state index in [4.69, 9.17) is 0 Å². The lowest BCUT2D eigenvalue weighted by atomic mass is 10.4. The van der Waals surface area contributed by atoms with E-state index >= 15 is 0 Å². The van der Waals surface area contributed by atoms with Gasteiger partial charge in [0.05, 0.1) is 6.07 Å². The maximum atomic E-state index is 10.3. The minimum absolute atomic E-state index is 0.311. The van der Waals surface area contributed by atoms with Crippen LogP contribution >= 0.6 is 11.3 Å². The van der Waals surface area contributed by atoms with Crippen molar-refractivity contribution in [2.24, 2.45) is 4.99 Å². The lowest BCUT2D eigenvalue weighted by molar-refractivity contribution is -0.402. The molecule has 2 aromatic rings. The van der Waals surface area contributed by atoms with Crippen molar-refractivity contribution >= 4 is 28.6 Å². The van der Waals surface area contributed by atoms with E-state index in [2.05, 4.69) is 19.6 Å². The van der Waals surface area contributed by atoms with Crippen molar-refractivity contribution in [1.29, 1.82) is 0 Å². The van der Waals surface area contributed by atoms with Crippen LogP contribution in [0.4, 0.5) is 11.0 Å². The van der Waals surface area contributed by atoms with Crippen LogP contribution in [0.15, 0.2) is 27.2 Å². The van der Waals surface area contributed by atoms with E-state index in [1.165, 1.54) is 29.9 Å². The van der Waals surface area contributed by atoms with E-state index in [9.17, 15) is 10.1 Å². The van der Waals surface area contributed by atoms with Gasteiger partial charge in [0.2, 0.25) is 5.13 Å². The molecule has 7 nitrogen and oxygen atoms in total. The minimum Gasteiger partial charge on any atom is -0.409 e. The minimum atomic E-state index is -0.609. The van der Waals surface area contributed by atoms with Crippen molar-refractivity contribution in [2.45, 2.75) is 0 Å². The van der Waals surface area contributed by atoms with Gasteiger partial charge in [-0.1, -0.05) is 11.3 Å². The second-order valence-corrected chi connectivity index (χ2v) is 3.27. The number of rotatable bonds is 3. The third-order valence-corrected chi connectivity index (χ3v) is 2.06. The normalized spacial score (nSPS) is 10.9. The number of nitro groups is 1. The highest BCUT2D eigenvalue weighted by molar-refractivity contribution is 7.13. The number of aromatic nitrogens is 2. The van der Waals surface area contributed by atoms with Crippen LogP contribution in [-0.4, -0.2) is 21.3 Å². The van der Waals surface area contributed by atoms with Crippen LogP contribution < -0.4 is 0 Å². The SMILES string of the molecule is O=[N+]([O-])c1cc(C=Nc2nncs2)co1. The van der Waals surface area contributed by atoms with Gasteiger partial charge in [-0.15, -0.1) is 10.2 Å². The van der Waals surface area contributed by atoms with Crippen molar-refractivity contribution < 1.29 is 9.34 Å². The van der Waals surface area contributed by atoms with Crippen molar-refractivity contribution in [3.63, 3.8) is 0 Å². The summed E-state index contributed by atoms with van der Waals surface area (Å²) in [6.07, 6.45) is 2.68. The molecule has 0 bridgehead atoms. The number of aliphatic imine (C=N–C) groups is 1. The molecule has 0 saturated carbocycles. The van der Waals surface area contributed by atoms with Crippen LogP contribution in [0, 0.1) is 10.1 Å². The smallest absolute Gasteiger partial charge is 0.409 e. The highest BCUT2D eigenvalue weighted by Crippen LogP contribution is 2.16. The Kier molecular flexibility index (Phi) is 2.50. The molecule has 8 heteroatoms. The molecule has 2 rings (SSSR count). The predicted molar refractivity (Wildman–Crippen MR) is 52.5 cm³/mol. The predicted octanol–water partition coefficient (Wildman–Crippen LogP) is 1.79. The topological polar surface area (TPSA) is 94.4 Å². The molecule has 0 amide bonds. The first-order valence-corrected chi connectivity index (χ1v) is 4.67. The summed E-state index contributed by atoms with van der Waals surface area (Å²) in [5.41, 5.74) is 2.06. The highest BCUT2D eigenvalue weighted by Gasteiger charge is 2.10. The van der Waals surface area contributed by atoms with Gasteiger partial charge in [0.25, 0.3) is 0 Å². The molecule has 0 aliphatic rings. The first-order chi connectivity index (χ1) is 7.25. The Balaban J connectivity index is 2.14. The first-order valence-electron chi connectivity index (χ1n) is 3.79. The van der Waals surface area contributed by atoms with E-state index in [0.29, 0.717) is 10.7 Å². The zero-order valence-electron chi connectivity index (χ0n) is 7.23. The summed E-state index contributed by atoms with van der Waals surface area (Å²) < 4.78 is 4.67. The van der Waals surface area contributed by atoms with E-state index in [1.807, 2.05) is 0 Å². The molecule has 0 aliphatic heterocycles. The number of hydrogen-bond acceptors (Lipinski definition) is 7. The lowest BCUT2D eigenvalue weighted by Gasteiger charge is -1.79. The summed E-state index contributed by atoms with van der Waals surface area (Å²) >= 11 is 1.27. The standard InChI is InChI=1S/C7H4N4O3S/c12-11(13)6-1-5(3-14-6)2-8-7-10-9-4-15-7/h1-4H. The Labute approximate surface area is 87.2 Å². The fourth-order valence-corrected chi connectivity index (χ4v) is 1.25. The van der Waals surface area contributed by atoms with Crippen LogP contribution in [-0.2, 0) is 0 Å². The van der Waals surface area contributed by atoms with E-state index in [-0.39, 0.29) is 5.88 Å². The van der Waals surface area contributed by atoms with Crippen molar-refractivity contribution in [2.75, 3.05) is 0 Å². The fraction of sp³-hybridized carbons (Fsp3) is 0. The third-order valence-electron chi connectivity index (χ3n) is 1.46. The Morgan fingerprint density at radius 2 is 2.53 bits per heavy atom. The van der Waals surface area contributed by atoms with Gasteiger partial charge in [0.1, 0.15) is 16.7 Å². The molecule has 15 heavy (non-hydrogen) atoms. The molecule has 0 atom stereocenters. The number of nitrogens with zero attached hydrogens (tertiary/aromatic N) is 4. The molecule has 0 radical (unpaired) electrons. The molecule has 0 fully saturated rings. The molecule has 2 heterocycles. The molecular weight excluding hydrogens is 220 g/mol. The summed E-state index contributed by atoms with van der Waals surface area (Å²) in [5, 5.41) is 18.0. The Morgan fingerprint density at radius 1 is 1.67 bits per heavy atom. The number of furan rings is 1. The lowest BCUT2D eigenvalue weighted by Crippen LogP contribution is -1.83. The van der Waals surface area contributed by atoms with Crippen LogP contribution in [0.2, 0.25) is 0 Å². The summed E-state index contributed by atoms with van der Waals surface area (Å²) in [6, 6.07) is 1.28. The van der Waals surface area contributed by atoms with Gasteiger partial charge < -0.3 is 4.42 Å². The molecule has 0 aliphatic carbocycles. The van der Waals surface area contributed by atoms with Gasteiger partial charge in [-0.2, -0.15) is 0 Å². The molecule has 0 spiro atoms. The van der Waals surface area contributed by atoms with Crippen LogP contribution in [0.25, 0.3) is 0 Å². The molecule has 0 unspecified atom stereocenters. The van der Waals surface area contributed by atoms with Gasteiger partial charge in [0, 0.05) is 11.8 Å². The van der Waals surface area contributed by atoms with Crippen LogP contribution in [0.5, 0.6) is 0 Å². The van der Waals surface area contributed by atoms with E-state index in [0.717, 1.165) is 0 Å². The average molecular weight is 224 g/mol. The average Bonchev–Trinajstić information content (AvgIpc) is 2.86. The van der Waals surface area contributed by atoms with Crippen molar-refractivity contribution in [1.82, 2.24) is 10.2 Å². The summed E-state index contributed by atoms with van der Waals surface area (Å²) in [7, 11) is 0. The van der Waals surface area contributed by atoms with E-state index in [1.54, 1.807) is 5.51 Å². The molecule has 0 saturated heterocycles. The van der Waals surface area contributed by atoms with E-state index < -0.39 is 4.92 Å². The maximum absolute atomic E-state index is 10.3. The second kappa shape index (κ2) is 3.96. The van der Waals surface area contributed by atoms with Gasteiger partial charge >= 0.3 is 5.88 Å². The monoisotopic (exact) mass is 224 g/mol. The molecule has 0 aromatic carbocycles. The highest BCUT2D eigenvalue weighted by atomic mass is 32.1. The maximum Gasteiger partial charge on any atom is 0.433 e. The quantitative estimate of drug-likeness (QED) is 0.450. The Morgan fingerprint density at radius 3 is 3.13 bits per heavy atom. The molecule has 0 N–H and O–H groups in total. The first kappa shape index (κ1) is 9.46. The van der Waals surface area contributed by atoms with Gasteiger partial charge in [-0.25, -0.2) is 4.99 Å². The third kappa shape index (κ3) is 2.23. The van der Waals surface area contributed by atoms with Gasteiger partial charge in [0.15, 0.2) is 0 Å². The van der Waals surface area contributed by atoms with Gasteiger partial charge in [-0.3, -0.25) is 10.1 Å². The van der Waals surface area contributed by atoms with Crippen molar-refractivity contribution in [3.8, 4) is 0 Å². The summed E-state index contributed by atoms with van der Waals surface area (Å²) in [6.45, 7) is 0. The van der Waals surface area contributed by atoms with Crippen molar-refractivity contribution in [3.05, 3.63) is 33.5 Å². The largest absolute Gasteiger partial charge is 0.433 e. The summed E-state index contributed by atoms with van der Waals surface area (Å²) in [4.78, 5) is 13.6.